The van der Waals surface area contributed by atoms with E-state index in [1.807, 2.05) is 13.8 Å². The summed E-state index contributed by atoms with van der Waals surface area (Å²) in [4.78, 5) is 28.4. The lowest BCUT2D eigenvalue weighted by atomic mass is 9.96. The number of nitrogen functional groups attached to an aromatic ring is 1. The lowest BCUT2D eigenvalue weighted by molar-refractivity contribution is -0.148. The molecule has 2 aromatic rings. The third-order valence-electron chi connectivity index (χ3n) is 6.50. The number of para-hydroxylation sites is 1. The Morgan fingerprint density at radius 2 is 1.93 bits per heavy atom. The van der Waals surface area contributed by atoms with E-state index in [1.54, 1.807) is 30.3 Å². The second-order valence-corrected chi connectivity index (χ2v) is 11.5. The van der Waals surface area contributed by atoms with E-state index < -0.39 is 44.1 Å². The Kier molecular flexibility index (Phi) is 11.3. The number of ether oxygens (including phenoxy) is 2. The molecular weight excluding hydrogens is 543 g/mol. The van der Waals surface area contributed by atoms with Gasteiger partial charge < -0.3 is 29.9 Å². The van der Waals surface area contributed by atoms with Gasteiger partial charge in [0.05, 0.1) is 12.5 Å². The van der Waals surface area contributed by atoms with E-state index in [2.05, 4.69) is 10.1 Å². The molecule has 5 atom stereocenters. The minimum Gasteiger partial charge on any atom is -0.464 e. The van der Waals surface area contributed by atoms with Crippen molar-refractivity contribution in [2.24, 2.45) is 5.92 Å². The number of carbonyl (C=O) groups excluding carboxylic acids is 1. The summed E-state index contributed by atoms with van der Waals surface area (Å²) in [6, 6.07) is 9.65. The number of aliphatic hydroxyl groups excluding tert-OH is 1. The second kappa shape index (κ2) is 14.2. The average Bonchev–Trinajstić information content (AvgIpc) is 3.14. The molecule has 0 saturated carbocycles. The smallest absolute Gasteiger partial charge is 0.458 e. The van der Waals surface area contributed by atoms with E-state index in [4.69, 9.17) is 24.3 Å². The summed E-state index contributed by atoms with van der Waals surface area (Å²) in [6.45, 7) is 4.72. The van der Waals surface area contributed by atoms with Crippen molar-refractivity contribution in [2.45, 2.75) is 70.5 Å². The van der Waals surface area contributed by atoms with Crippen molar-refractivity contribution in [3.05, 3.63) is 53.1 Å². The first-order valence-corrected chi connectivity index (χ1v) is 14.9. The molecular formula is C26H39N4O9P. The number of aliphatic hydroxyl groups is 2. The molecule has 14 heteroatoms. The number of rotatable bonds is 15. The molecule has 1 aliphatic rings. The highest BCUT2D eigenvalue weighted by atomic mass is 31.2. The first-order valence-electron chi connectivity index (χ1n) is 13.3. The maximum atomic E-state index is 13.7. The van der Waals surface area contributed by atoms with E-state index in [0.29, 0.717) is 0 Å². The monoisotopic (exact) mass is 582 g/mol. The number of anilines is 1. The van der Waals surface area contributed by atoms with Crippen LogP contribution in [-0.4, -0.2) is 63.3 Å². The zero-order valence-corrected chi connectivity index (χ0v) is 23.9. The topological polar surface area (TPSA) is 184 Å². The number of nitrogens with zero attached hydrogens (tertiary/aromatic N) is 2. The van der Waals surface area contributed by atoms with Gasteiger partial charge >= 0.3 is 19.4 Å². The molecule has 0 radical (unpaired) electrons. The predicted octanol–water partition coefficient (Wildman–Crippen LogP) is 2.39. The van der Waals surface area contributed by atoms with Gasteiger partial charge in [-0.3, -0.25) is 13.9 Å². The Balaban J connectivity index is 1.67. The van der Waals surface area contributed by atoms with Gasteiger partial charge in [0.15, 0.2) is 6.23 Å². The lowest BCUT2D eigenvalue weighted by Crippen LogP contribution is -2.46. The van der Waals surface area contributed by atoms with Crippen LogP contribution in [0, 0.1) is 5.92 Å². The zero-order chi connectivity index (χ0) is 29.3. The highest BCUT2D eigenvalue weighted by molar-refractivity contribution is 7.52. The first kappa shape index (κ1) is 31.7. The Morgan fingerprint density at radius 1 is 1.25 bits per heavy atom. The van der Waals surface area contributed by atoms with Gasteiger partial charge in [-0.25, -0.2) is 14.4 Å². The maximum Gasteiger partial charge on any atom is 0.458 e. The summed E-state index contributed by atoms with van der Waals surface area (Å²) < 4.78 is 37.0. The van der Waals surface area contributed by atoms with Gasteiger partial charge in [0, 0.05) is 12.7 Å². The minimum absolute atomic E-state index is 0.0127. The maximum absolute atomic E-state index is 13.7. The lowest BCUT2D eigenvalue weighted by Gasteiger charge is -2.27. The largest absolute Gasteiger partial charge is 0.464 e. The molecule has 1 saturated heterocycles. The summed E-state index contributed by atoms with van der Waals surface area (Å²) in [5.74, 6) is -0.266. The van der Waals surface area contributed by atoms with Crippen LogP contribution in [0.15, 0.2) is 47.4 Å². The molecule has 1 aromatic carbocycles. The minimum atomic E-state index is -4.09. The number of nitrogens with two attached hydrogens (primary N) is 1. The molecule has 40 heavy (non-hydrogen) atoms. The van der Waals surface area contributed by atoms with Crippen molar-refractivity contribution in [1.82, 2.24) is 14.6 Å². The predicted molar refractivity (Wildman–Crippen MR) is 146 cm³/mol. The number of benzene rings is 1. The number of carbonyl (C=O) groups is 1. The van der Waals surface area contributed by atoms with E-state index in [0.717, 1.165) is 30.3 Å². The quantitative estimate of drug-likeness (QED) is 0.137. The molecule has 1 fully saturated rings. The fourth-order valence-corrected chi connectivity index (χ4v) is 5.72. The molecule has 0 spiro atoms. The van der Waals surface area contributed by atoms with Crippen LogP contribution < -0.4 is 21.0 Å². The molecule has 3 rings (SSSR count). The Bertz CT molecular complexity index is 1200. The van der Waals surface area contributed by atoms with Crippen LogP contribution in [0.1, 0.15) is 52.7 Å². The SMILES string of the molecule is CCCC(CCC)C(=O)OCCNP(=O)(OC[C@H]1OC(n2ccc(N)nc2=O)[C@](C)(O)[C@@H]1O)Oc1ccccc1. The standard InChI is InChI=1S/C26H39N4O9P/c1-4-9-18(10-5-2)23(32)36-16-14-28-40(35,39-19-11-7-6-8-12-19)37-17-20-22(31)26(3,34)24(38-20)30-15-13-21(27)29-25(30)33/h6-8,11-13,15,18,20,22,24,31,34H,4-5,9-10,14,16-17H2,1-3H3,(H,28,35)(H2,27,29,33)/t20-,22-,24?,26-,40?/m1/s1. The molecule has 1 aromatic heterocycles. The van der Waals surface area contributed by atoms with Gasteiger partial charge in [-0.2, -0.15) is 4.98 Å². The summed E-state index contributed by atoms with van der Waals surface area (Å²) in [5.41, 5.74) is 2.83. The molecule has 13 nitrogen and oxygen atoms in total. The fraction of sp³-hybridized carbons (Fsp3) is 0.577. The summed E-state index contributed by atoms with van der Waals surface area (Å²) >= 11 is 0. The van der Waals surface area contributed by atoms with Crippen LogP contribution in [0.3, 0.4) is 0 Å². The van der Waals surface area contributed by atoms with Crippen molar-refractivity contribution in [1.29, 1.82) is 0 Å². The van der Waals surface area contributed by atoms with Crippen molar-refractivity contribution in [3.8, 4) is 5.75 Å². The summed E-state index contributed by atoms with van der Waals surface area (Å²) in [5, 5.41) is 24.4. The average molecular weight is 583 g/mol. The number of nitrogens with one attached hydrogen (secondary N) is 1. The van der Waals surface area contributed by atoms with Crippen LogP contribution >= 0.6 is 7.75 Å². The normalized spacial score (nSPS) is 24.1. The third-order valence-corrected chi connectivity index (χ3v) is 8.05. The van der Waals surface area contributed by atoms with Crippen molar-refractivity contribution < 1.29 is 38.1 Å². The van der Waals surface area contributed by atoms with E-state index in [1.165, 1.54) is 19.2 Å². The highest BCUT2D eigenvalue weighted by Crippen LogP contribution is 2.46. The number of hydrogen-bond donors (Lipinski definition) is 4. The molecule has 5 N–H and O–H groups in total. The fourth-order valence-electron chi connectivity index (χ4n) is 4.41. The van der Waals surface area contributed by atoms with Crippen LogP contribution in [0.5, 0.6) is 5.75 Å². The molecule has 1 aliphatic heterocycles. The number of aromatic nitrogens is 2. The van der Waals surface area contributed by atoms with Crippen LogP contribution in [0.2, 0.25) is 0 Å². The van der Waals surface area contributed by atoms with Gasteiger partial charge in [-0.15, -0.1) is 0 Å². The Morgan fingerprint density at radius 3 is 2.55 bits per heavy atom. The van der Waals surface area contributed by atoms with E-state index in [9.17, 15) is 24.4 Å². The van der Waals surface area contributed by atoms with Gasteiger partial charge in [0.1, 0.15) is 36.0 Å². The Labute approximate surface area is 233 Å². The van der Waals surface area contributed by atoms with Gasteiger partial charge in [-0.1, -0.05) is 44.9 Å². The Hall–Kier alpha value is -2.80. The van der Waals surface area contributed by atoms with Crippen LogP contribution in [-0.2, 0) is 23.4 Å². The van der Waals surface area contributed by atoms with E-state index >= 15 is 0 Å². The van der Waals surface area contributed by atoms with Gasteiger partial charge in [-0.05, 0) is 38.0 Å². The summed E-state index contributed by atoms with van der Waals surface area (Å²) in [7, 11) is -4.09. The number of hydrogen-bond acceptors (Lipinski definition) is 11. The van der Waals surface area contributed by atoms with Crippen LogP contribution in [0.4, 0.5) is 5.82 Å². The molecule has 0 aliphatic carbocycles. The van der Waals surface area contributed by atoms with Crippen molar-refractivity contribution >= 4 is 19.5 Å². The highest BCUT2D eigenvalue weighted by Gasteiger charge is 2.54. The third kappa shape index (κ3) is 8.12. The summed E-state index contributed by atoms with van der Waals surface area (Å²) in [6.07, 6.45) is 0.423. The van der Waals surface area contributed by atoms with E-state index in [-0.39, 0.29) is 36.6 Å². The first-order chi connectivity index (χ1) is 19.0. The molecule has 2 heterocycles. The van der Waals surface area contributed by atoms with Gasteiger partial charge in [0.2, 0.25) is 0 Å². The van der Waals surface area contributed by atoms with Gasteiger partial charge in [0.25, 0.3) is 0 Å². The molecule has 0 amide bonds. The van der Waals surface area contributed by atoms with Crippen molar-refractivity contribution in [3.63, 3.8) is 0 Å². The second-order valence-electron chi connectivity index (χ2n) is 9.79. The van der Waals surface area contributed by atoms with Crippen molar-refractivity contribution in [2.75, 3.05) is 25.5 Å². The molecule has 0 bridgehead atoms. The van der Waals surface area contributed by atoms with Crippen LogP contribution in [0.25, 0.3) is 0 Å². The number of esters is 1. The zero-order valence-electron chi connectivity index (χ0n) is 23.0. The molecule has 222 valence electrons. The molecule has 2 unspecified atom stereocenters.